The van der Waals surface area contributed by atoms with E-state index in [0.717, 1.165) is 22.7 Å². The van der Waals surface area contributed by atoms with E-state index in [-0.39, 0.29) is 0 Å². The molecule has 0 unspecified atom stereocenters. The summed E-state index contributed by atoms with van der Waals surface area (Å²) in [6, 6.07) is 103. The summed E-state index contributed by atoms with van der Waals surface area (Å²) in [7, 11) is 0. The maximum absolute atomic E-state index is 2.44. The normalized spacial score (nSPS) is 12.8. The van der Waals surface area contributed by atoms with Gasteiger partial charge in [0.25, 0.3) is 0 Å². The first-order chi connectivity index (χ1) is 36.2. The minimum atomic E-state index is -0.438. The van der Waals surface area contributed by atoms with Crippen molar-refractivity contribution in [1.29, 1.82) is 0 Å². The van der Waals surface area contributed by atoms with Crippen LogP contribution in [0.5, 0.6) is 0 Å². The molecule has 0 amide bonds. The topological polar surface area (TPSA) is 8.17 Å². The lowest BCUT2D eigenvalue weighted by Gasteiger charge is -2.32. The van der Waals surface area contributed by atoms with E-state index in [2.05, 4.69) is 289 Å². The Morgan fingerprint density at radius 1 is 0.260 bits per heavy atom. The molecular formula is C71H46N2. The number of aromatic nitrogens is 1. The van der Waals surface area contributed by atoms with Gasteiger partial charge in [-0.1, -0.05) is 224 Å². The van der Waals surface area contributed by atoms with Crippen molar-refractivity contribution in [2.45, 2.75) is 5.41 Å². The second-order valence-electron chi connectivity index (χ2n) is 19.5. The van der Waals surface area contributed by atoms with Crippen LogP contribution in [0.4, 0.5) is 17.1 Å². The van der Waals surface area contributed by atoms with Gasteiger partial charge in [0, 0.05) is 33.2 Å². The molecule has 12 aromatic carbocycles. The molecule has 0 fully saturated rings. The Labute approximate surface area is 425 Å². The molecule has 0 radical (unpaired) electrons. The van der Waals surface area contributed by atoms with E-state index in [1.807, 2.05) is 0 Å². The molecule has 2 nitrogen and oxygen atoms in total. The van der Waals surface area contributed by atoms with Crippen LogP contribution in [-0.4, -0.2) is 4.57 Å². The van der Waals surface area contributed by atoms with Gasteiger partial charge in [0.2, 0.25) is 0 Å². The highest BCUT2D eigenvalue weighted by atomic mass is 15.1. The van der Waals surface area contributed by atoms with Crippen molar-refractivity contribution in [3.05, 3.63) is 301 Å². The van der Waals surface area contributed by atoms with Gasteiger partial charge in [0.05, 0.1) is 22.1 Å². The van der Waals surface area contributed by atoms with Gasteiger partial charge in [-0.15, -0.1) is 0 Å². The van der Waals surface area contributed by atoms with Gasteiger partial charge in [-0.05, 0) is 138 Å². The maximum Gasteiger partial charge on any atom is 0.0731 e. The monoisotopic (exact) mass is 926 g/mol. The highest BCUT2D eigenvalue weighted by molar-refractivity contribution is 6.10. The van der Waals surface area contributed by atoms with E-state index in [9.17, 15) is 0 Å². The Kier molecular flexibility index (Phi) is 9.21. The molecule has 2 aliphatic rings. The minimum absolute atomic E-state index is 0.438. The molecule has 0 bridgehead atoms. The zero-order valence-electron chi connectivity index (χ0n) is 40.0. The van der Waals surface area contributed by atoms with Gasteiger partial charge in [-0.3, -0.25) is 0 Å². The predicted octanol–water partition coefficient (Wildman–Crippen LogP) is 18.8. The molecule has 0 aliphatic heterocycles. The SMILES string of the molecule is c1ccc(-c2cccc3c(N(c4ccc(-c5ccc(-n6c7ccccc7c7ccccc76)cc5)cc4)c4ccc(-c5cccc6c5C5(c7ccccc7-c7ccccc75)c5ccccc5-6)cc4)cccc23)cc1. The fraction of sp³-hybridized carbons (Fsp3) is 0.0141. The summed E-state index contributed by atoms with van der Waals surface area (Å²) in [6.45, 7) is 0. The van der Waals surface area contributed by atoms with Crippen LogP contribution in [0.2, 0.25) is 0 Å². The number of hydrogen-bond acceptors (Lipinski definition) is 1. The standard InChI is InChI=1S/C71H46N2/c1-2-17-49(18-3-1)54-24-14-27-60-56(54)26-16-34-67(60)72(51-41-35-47(36-42-51)48-37-43-53(44-38-48)73-68-32-12-7-22-61(68)62-23-8-13-33-69(62)73)52-45-39-50(40-46-52)55-25-15-28-63-59-21-6-11-31-66(59)71(70(55)63)64-29-9-4-19-57(64)58-20-5-10-30-65(58)71/h1-46H. The van der Waals surface area contributed by atoms with Crippen molar-refractivity contribution in [2.24, 2.45) is 0 Å². The van der Waals surface area contributed by atoms with Crippen LogP contribution >= 0.6 is 0 Å². The number of rotatable bonds is 7. The van der Waals surface area contributed by atoms with E-state index >= 15 is 0 Å². The highest BCUT2D eigenvalue weighted by Crippen LogP contribution is 2.64. The van der Waals surface area contributed by atoms with E-state index in [0.29, 0.717) is 0 Å². The molecule has 13 aromatic rings. The fourth-order valence-electron chi connectivity index (χ4n) is 12.8. The van der Waals surface area contributed by atoms with Crippen molar-refractivity contribution >= 4 is 49.6 Å². The maximum atomic E-state index is 2.44. The van der Waals surface area contributed by atoms with Crippen LogP contribution in [0.15, 0.2) is 279 Å². The van der Waals surface area contributed by atoms with Gasteiger partial charge < -0.3 is 9.47 Å². The zero-order valence-corrected chi connectivity index (χ0v) is 40.0. The number of benzene rings is 12. The first-order valence-corrected chi connectivity index (χ1v) is 25.3. The Morgan fingerprint density at radius 2 is 0.671 bits per heavy atom. The van der Waals surface area contributed by atoms with Crippen molar-refractivity contribution in [3.63, 3.8) is 0 Å². The molecule has 15 rings (SSSR count). The van der Waals surface area contributed by atoms with E-state index in [1.165, 1.54) is 110 Å². The lowest BCUT2D eigenvalue weighted by molar-refractivity contribution is 0.796. The third-order valence-electron chi connectivity index (χ3n) is 15.8. The lowest BCUT2D eigenvalue weighted by atomic mass is 9.68. The van der Waals surface area contributed by atoms with Crippen molar-refractivity contribution in [3.8, 4) is 61.3 Å². The van der Waals surface area contributed by atoms with Crippen LogP contribution in [0.25, 0.3) is 93.9 Å². The van der Waals surface area contributed by atoms with Crippen molar-refractivity contribution < 1.29 is 0 Å². The smallest absolute Gasteiger partial charge is 0.0731 e. The van der Waals surface area contributed by atoms with Gasteiger partial charge in [-0.2, -0.15) is 0 Å². The molecule has 1 heterocycles. The number of para-hydroxylation sites is 2. The van der Waals surface area contributed by atoms with Crippen molar-refractivity contribution in [2.75, 3.05) is 4.90 Å². The number of nitrogens with zero attached hydrogens (tertiary/aromatic N) is 2. The first-order valence-electron chi connectivity index (χ1n) is 25.3. The second-order valence-corrected chi connectivity index (χ2v) is 19.5. The number of hydrogen-bond donors (Lipinski definition) is 0. The van der Waals surface area contributed by atoms with Gasteiger partial charge >= 0.3 is 0 Å². The van der Waals surface area contributed by atoms with Gasteiger partial charge in [0.1, 0.15) is 0 Å². The van der Waals surface area contributed by atoms with Crippen LogP contribution in [0.1, 0.15) is 22.3 Å². The Balaban J connectivity index is 0.857. The van der Waals surface area contributed by atoms with Gasteiger partial charge in [-0.25, -0.2) is 0 Å². The molecule has 1 aromatic heterocycles. The molecular weight excluding hydrogens is 881 g/mol. The van der Waals surface area contributed by atoms with Crippen molar-refractivity contribution in [1.82, 2.24) is 4.57 Å². The summed E-state index contributed by atoms with van der Waals surface area (Å²) in [4.78, 5) is 2.44. The summed E-state index contributed by atoms with van der Waals surface area (Å²) >= 11 is 0. The summed E-state index contributed by atoms with van der Waals surface area (Å²) in [5.41, 5.74) is 24.3. The van der Waals surface area contributed by atoms with Crippen LogP contribution < -0.4 is 4.90 Å². The van der Waals surface area contributed by atoms with E-state index in [1.54, 1.807) is 0 Å². The Bertz CT molecular complexity index is 4180. The third kappa shape index (κ3) is 6.11. The summed E-state index contributed by atoms with van der Waals surface area (Å²) in [5, 5.41) is 4.94. The summed E-state index contributed by atoms with van der Waals surface area (Å²) in [6.07, 6.45) is 0. The highest BCUT2D eigenvalue weighted by Gasteiger charge is 2.52. The third-order valence-corrected chi connectivity index (χ3v) is 15.8. The number of fused-ring (bicyclic) bond motifs is 14. The largest absolute Gasteiger partial charge is 0.310 e. The molecule has 340 valence electrons. The minimum Gasteiger partial charge on any atom is -0.310 e. The quantitative estimate of drug-likeness (QED) is 0.155. The molecule has 2 aliphatic carbocycles. The van der Waals surface area contributed by atoms with E-state index in [4.69, 9.17) is 0 Å². The lowest BCUT2D eigenvalue weighted by Crippen LogP contribution is -2.26. The average Bonchev–Trinajstić information content (AvgIpc) is 4.14. The Morgan fingerprint density at radius 3 is 1.29 bits per heavy atom. The molecule has 0 saturated carbocycles. The van der Waals surface area contributed by atoms with Crippen LogP contribution in [-0.2, 0) is 5.41 Å². The first kappa shape index (κ1) is 41.3. The van der Waals surface area contributed by atoms with E-state index < -0.39 is 5.41 Å². The molecule has 1 spiro atoms. The predicted molar refractivity (Wildman–Crippen MR) is 306 cm³/mol. The molecule has 0 saturated heterocycles. The summed E-state index contributed by atoms with van der Waals surface area (Å²) < 4.78 is 2.38. The molecule has 0 atom stereocenters. The number of anilines is 3. The molecule has 73 heavy (non-hydrogen) atoms. The van der Waals surface area contributed by atoms with Gasteiger partial charge in [0.15, 0.2) is 0 Å². The molecule has 0 N–H and O–H groups in total. The second kappa shape index (κ2) is 16.3. The Hall–Kier alpha value is -9.50. The fourth-order valence-corrected chi connectivity index (χ4v) is 12.8. The van der Waals surface area contributed by atoms with Crippen LogP contribution in [0, 0.1) is 0 Å². The summed E-state index contributed by atoms with van der Waals surface area (Å²) in [5.74, 6) is 0. The molecule has 2 heteroatoms. The zero-order chi connectivity index (χ0) is 48.0. The van der Waals surface area contributed by atoms with Crippen LogP contribution in [0.3, 0.4) is 0 Å². The average molecular weight is 927 g/mol.